The summed E-state index contributed by atoms with van der Waals surface area (Å²) in [5, 5.41) is 7.59. The number of nitrogens with zero attached hydrogens (tertiary/aromatic N) is 2. The molecule has 2 rings (SSSR count). The molecule has 3 nitrogen and oxygen atoms in total. The van der Waals surface area contributed by atoms with Crippen molar-refractivity contribution in [3.05, 3.63) is 52.0 Å². The van der Waals surface area contributed by atoms with Crippen LogP contribution in [0.1, 0.15) is 31.1 Å². The third kappa shape index (κ3) is 2.87. The maximum absolute atomic E-state index is 14.2. The van der Waals surface area contributed by atoms with E-state index in [2.05, 4.69) is 26.3 Å². The zero-order chi connectivity index (χ0) is 13.8. The Labute approximate surface area is 121 Å². The molecule has 0 saturated heterocycles. The van der Waals surface area contributed by atoms with E-state index in [4.69, 9.17) is 0 Å². The highest BCUT2D eigenvalue weighted by Crippen LogP contribution is 2.30. The van der Waals surface area contributed by atoms with Gasteiger partial charge in [-0.1, -0.05) is 28.9 Å². The predicted molar refractivity (Wildman–Crippen MR) is 77.5 cm³/mol. The lowest BCUT2D eigenvalue weighted by Gasteiger charge is -2.21. The first-order chi connectivity index (χ1) is 9.19. The van der Waals surface area contributed by atoms with Gasteiger partial charge in [-0.05, 0) is 31.7 Å². The fraction of sp³-hybridized carbons (Fsp3) is 0.357. The number of rotatable bonds is 5. The van der Waals surface area contributed by atoms with Gasteiger partial charge in [-0.2, -0.15) is 5.10 Å². The monoisotopic (exact) mass is 325 g/mol. The normalized spacial score (nSPS) is 12.6. The molecule has 0 aliphatic carbocycles. The van der Waals surface area contributed by atoms with Crippen molar-refractivity contribution in [1.82, 2.24) is 15.1 Å². The molecule has 0 aliphatic heterocycles. The average molecular weight is 326 g/mol. The van der Waals surface area contributed by atoms with E-state index in [0.29, 0.717) is 5.56 Å². The van der Waals surface area contributed by atoms with Crippen LogP contribution in [0.5, 0.6) is 0 Å². The first-order valence-electron chi connectivity index (χ1n) is 6.38. The van der Waals surface area contributed by atoms with E-state index in [1.807, 2.05) is 30.7 Å². The van der Waals surface area contributed by atoms with Gasteiger partial charge in [0.2, 0.25) is 0 Å². The molecule has 2 aromatic rings. The smallest absolute Gasteiger partial charge is 0.129 e. The van der Waals surface area contributed by atoms with Crippen molar-refractivity contribution in [2.24, 2.45) is 0 Å². The van der Waals surface area contributed by atoms with E-state index in [0.717, 1.165) is 23.3 Å². The number of nitrogens with one attached hydrogen (secondary N) is 1. The van der Waals surface area contributed by atoms with Gasteiger partial charge in [-0.15, -0.1) is 0 Å². The van der Waals surface area contributed by atoms with Crippen molar-refractivity contribution in [3.8, 4) is 0 Å². The Morgan fingerprint density at radius 1 is 1.37 bits per heavy atom. The van der Waals surface area contributed by atoms with Crippen molar-refractivity contribution in [2.75, 3.05) is 6.54 Å². The van der Waals surface area contributed by atoms with Crippen LogP contribution in [0.15, 0.2) is 34.9 Å². The van der Waals surface area contributed by atoms with Gasteiger partial charge in [-0.3, -0.25) is 4.68 Å². The molecular weight excluding hydrogens is 309 g/mol. The Morgan fingerprint density at radius 3 is 2.79 bits per heavy atom. The minimum Gasteiger partial charge on any atom is -0.305 e. The lowest BCUT2D eigenvalue weighted by molar-refractivity contribution is 0.514. The largest absolute Gasteiger partial charge is 0.305 e. The molecule has 1 unspecified atom stereocenters. The molecule has 102 valence electrons. The van der Waals surface area contributed by atoms with Gasteiger partial charge < -0.3 is 5.32 Å². The SMILES string of the molecule is CCNC(c1c(F)cccc1Br)c1ccnn1CC. The number of halogens is 2. The highest BCUT2D eigenvalue weighted by Gasteiger charge is 2.22. The summed E-state index contributed by atoms with van der Waals surface area (Å²) in [5.74, 6) is -0.218. The van der Waals surface area contributed by atoms with Crippen LogP contribution >= 0.6 is 15.9 Å². The zero-order valence-corrected chi connectivity index (χ0v) is 12.6. The van der Waals surface area contributed by atoms with Crippen LogP contribution in [0.3, 0.4) is 0 Å². The lowest BCUT2D eigenvalue weighted by Crippen LogP contribution is -2.26. The first-order valence-corrected chi connectivity index (χ1v) is 7.17. The Hall–Kier alpha value is -1.20. The van der Waals surface area contributed by atoms with Gasteiger partial charge in [0.15, 0.2) is 0 Å². The van der Waals surface area contributed by atoms with E-state index in [9.17, 15) is 4.39 Å². The topological polar surface area (TPSA) is 29.9 Å². The minimum atomic E-state index is -0.218. The molecule has 1 heterocycles. The third-order valence-electron chi connectivity index (χ3n) is 3.04. The summed E-state index contributed by atoms with van der Waals surface area (Å²) in [6.45, 7) is 5.54. The maximum Gasteiger partial charge on any atom is 0.129 e. The summed E-state index contributed by atoms with van der Waals surface area (Å²) in [7, 11) is 0. The van der Waals surface area contributed by atoms with E-state index in [1.165, 1.54) is 6.07 Å². The molecule has 0 aliphatic rings. The average Bonchev–Trinajstić information content (AvgIpc) is 2.85. The molecule has 0 amide bonds. The number of hydrogen-bond donors (Lipinski definition) is 1. The van der Waals surface area contributed by atoms with Crippen LogP contribution in [0.2, 0.25) is 0 Å². The van der Waals surface area contributed by atoms with E-state index in [1.54, 1.807) is 12.3 Å². The van der Waals surface area contributed by atoms with Gasteiger partial charge >= 0.3 is 0 Å². The van der Waals surface area contributed by atoms with Crippen molar-refractivity contribution in [3.63, 3.8) is 0 Å². The second-order valence-electron chi connectivity index (χ2n) is 4.20. The molecule has 5 heteroatoms. The van der Waals surface area contributed by atoms with Crippen molar-refractivity contribution in [1.29, 1.82) is 0 Å². The van der Waals surface area contributed by atoms with Crippen LogP contribution < -0.4 is 5.32 Å². The summed E-state index contributed by atoms with van der Waals surface area (Å²) < 4.78 is 16.8. The molecule has 1 aromatic heterocycles. The van der Waals surface area contributed by atoms with Crippen LogP contribution in [0.25, 0.3) is 0 Å². The molecule has 1 aromatic carbocycles. The summed E-state index contributed by atoms with van der Waals surface area (Å²) in [5.41, 5.74) is 1.59. The number of hydrogen-bond acceptors (Lipinski definition) is 2. The minimum absolute atomic E-state index is 0.206. The summed E-state index contributed by atoms with van der Waals surface area (Å²) in [6.07, 6.45) is 1.75. The fourth-order valence-electron chi connectivity index (χ4n) is 2.20. The van der Waals surface area contributed by atoms with Crippen LogP contribution in [-0.2, 0) is 6.54 Å². The predicted octanol–water partition coefficient (Wildman–Crippen LogP) is 3.50. The van der Waals surface area contributed by atoms with Gasteiger partial charge in [0.25, 0.3) is 0 Å². The molecule has 0 radical (unpaired) electrons. The van der Waals surface area contributed by atoms with E-state index in [-0.39, 0.29) is 11.9 Å². The third-order valence-corrected chi connectivity index (χ3v) is 3.73. The van der Waals surface area contributed by atoms with Crippen LogP contribution in [0.4, 0.5) is 4.39 Å². The Bertz CT molecular complexity index is 533. The molecule has 0 bridgehead atoms. The second kappa shape index (κ2) is 6.30. The molecule has 0 spiro atoms. The Balaban J connectivity index is 2.52. The van der Waals surface area contributed by atoms with Crippen molar-refractivity contribution >= 4 is 15.9 Å². The van der Waals surface area contributed by atoms with Gasteiger partial charge in [0.05, 0.1) is 11.7 Å². The number of aromatic nitrogens is 2. The van der Waals surface area contributed by atoms with Crippen LogP contribution in [0, 0.1) is 5.82 Å². The first kappa shape index (κ1) is 14.2. The second-order valence-corrected chi connectivity index (χ2v) is 5.05. The molecule has 19 heavy (non-hydrogen) atoms. The van der Waals surface area contributed by atoms with Gasteiger partial charge in [-0.25, -0.2) is 4.39 Å². The Morgan fingerprint density at radius 2 is 2.16 bits per heavy atom. The molecule has 0 saturated carbocycles. The summed E-state index contributed by atoms with van der Waals surface area (Å²) in [6, 6.07) is 6.76. The quantitative estimate of drug-likeness (QED) is 0.911. The van der Waals surface area contributed by atoms with Crippen molar-refractivity contribution in [2.45, 2.75) is 26.4 Å². The molecule has 0 fully saturated rings. The van der Waals surface area contributed by atoms with E-state index < -0.39 is 0 Å². The number of aryl methyl sites for hydroxylation is 1. The number of benzene rings is 1. The standard InChI is InChI=1S/C14H17BrFN3/c1-3-17-14(12-8-9-18-19(12)4-2)13-10(15)6-5-7-11(13)16/h5-9,14,17H,3-4H2,1-2H3. The van der Waals surface area contributed by atoms with Crippen LogP contribution in [-0.4, -0.2) is 16.3 Å². The molecule has 1 atom stereocenters. The highest BCUT2D eigenvalue weighted by atomic mass is 79.9. The molecule has 1 N–H and O–H groups in total. The summed E-state index contributed by atoms with van der Waals surface area (Å²) in [4.78, 5) is 0. The maximum atomic E-state index is 14.2. The molecular formula is C14H17BrFN3. The Kier molecular flexibility index (Phi) is 4.71. The van der Waals surface area contributed by atoms with Gasteiger partial charge in [0, 0.05) is 22.8 Å². The van der Waals surface area contributed by atoms with Crippen molar-refractivity contribution < 1.29 is 4.39 Å². The highest BCUT2D eigenvalue weighted by molar-refractivity contribution is 9.10. The van der Waals surface area contributed by atoms with E-state index >= 15 is 0 Å². The fourth-order valence-corrected chi connectivity index (χ4v) is 2.77. The van der Waals surface area contributed by atoms with Gasteiger partial charge in [0.1, 0.15) is 5.82 Å². The zero-order valence-electron chi connectivity index (χ0n) is 11.0. The lowest BCUT2D eigenvalue weighted by atomic mass is 10.0. The summed E-state index contributed by atoms with van der Waals surface area (Å²) >= 11 is 3.44.